The van der Waals surface area contributed by atoms with Gasteiger partial charge in [-0.3, -0.25) is 0 Å². The standard InChI is InChI=1S/C13H23N3S/c1-9(2)12-11(8-14)17-13(15-12)16-6-4-10(3)5-7-16/h9-10H,4-8,14H2,1-3H3. The molecule has 17 heavy (non-hydrogen) atoms. The van der Waals surface area contributed by atoms with E-state index in [-0.39, 0.29) is 0 Å². The van der Waals surface area contributed by atoms with Crippen LogP contribution in [0.5, 0.6) is 0 Å². The number of aromatic nitrogens is 1. The normalized spacial score (nSPS) is 18.1. The molecule has 2 heterocycles. The van der Waals surface area contributed by atoms with Crippen molar-refractivity contribution in [1.82, 2.24) is 4.98 Å². The maximum atomic E-state index is 5.81. The minimum absolute atomic E-state index is 0.474. The summed E-state index contributed by atoms with van der Waals surface area (Å²) >= 11 is 1.79. The third-order valence-corrected chi connectivity index (χ3v) is 4.66. The number of nitrogens with two attached hydrogens (primary N) is 1. The molecule has 2 rings (SSSR count). The quantitative estimate of drug-likeness (QED) is 0.900. The van der Waals surface area contributed by atoms with Crippen LogP contribution < -0.4 is 10.6 Å². The smallest absolute Gasteiger partial charge is 0.185 e. The molecule has 1 aromatic heterocycles. The number of hydrogen-bond donors (Lipinski definition) is 1. The van der Waals surface area contributed by atoms with Gasteiger partial charge in [0.25, 0.3) is 0 Å². The van der Waals surface area contributed by atoms with Crippen LogP contribution in [0, 0.1) is 5.92 Å². The topological polar surface area (TPSA) is 42.2 Å². The summed E-state index contributed by atoms with van der Waals surface area (Å²) in [4.78, 5) is 8.48. The summed E-state index contributed by atoms with van der Waals surface area (Å²) in [7, 11) is 0. The minimum Gasteiger partial charge on any atom is -0.348 e. The molecule has 0 unspecified atom stereocenters. The molecular formula is C13H23N3S. The van der Waals surface area contributed by atoms with Crippen LogP contribution >= 0.6 is 11.3 Å². The Labute approximate surface area is 108 Å². The van der Waals surface area contributed by atoms with Crippen LogP contribution in [0.25, 0.3) is 0 Å². The maximum Gasteiger partial charge on any atom is 0.185 e. The van der Waals surface area contributed by atoms with E-state index in [1.54, 1.807) is 11.3 Å². The molecule has 0 radical (unpaired) electrons. The number of nitrogens with zero attached hydrogens (tertiary/aromatic N) is 2. The van der Waals surface area contributed by atoms with E-state index in [1.807, 2.05) is 0 Å². The molecule has 0 atom stereocenters. The van der Waals surface area contributed by atoms with Gasteiger partial charge in [0.05, 0.1) is 5.69 Å². The van der Waals surface area contributed by atoms with Crippen molar-refractivity contribution >= 4 is 16.5 Å². The Balaban J connectivity index is 2.16. The average Bonchev–Trinajstić information content (AvgIpc) is 2.74. The minimum atomic E-state index is 0.474. The van der Waals surface area contributed by atoms with Crippen molar-refractivity contribution in [3.8, 4) is 0 Å². The average molecular weight is 253 g/mol. The lowest BCUT2D eigenvalue weighted by Crippen LogP contribution is -2.32. The van der Waals surface area contributed by atoms with Gasteiger partial charge in [0, 0.05) is 24.5 Å². The third-order valence-electron chi connectivity index (χ3n) is 3.50. The highest BCUT2D eigenvalue weighted by Gasteiger charge is 2.21. The zero-order valence-electron chi connectivity index (χ0n) is 11.1. The monoisotopic (exact) mass is 253 g/mol. The second kappa shape index (κ2) is 5.36. The van der Waals surface area contributed by atoms with Crippen LogP contribution in [0.15, 0.2) is 0 Å². The van der Waals surface area contributed by atoms with Crippen molar-refractivity contribution in [2.24, 2.45) is 11.7 Å². The summed E-state index contributed by atoms with van der Waals surface area (Å²) in [5.41, 5.74) is 7.01. The van der Waals surface area contributed by atoms with Gasteiger partial charge in [-0.15, -0.1) is 11.3 Å². The van der Waals surface area contributed by atoms with Crippen LogP contribution in [-0.4, -0.2) is 18.1 Å². The maximum absolute atomic E-state index is 5.81. The molecule has 1 aliphatic rings. The summed E-state index contributed by atoms with van der Waals surface area (Å²) in [6.45, 7) is 9.64. The molecule has 0 aromatic carbocycles. The summed E-state index contributed by atoms with van der Waals surface area (Å²) in [5.74, 6) is 1.34. The first-order valence-electron chi connectivity index (χ1n) is 6.56. The number of rotatable bonds is 3. The lowest BCUT2D eigenvalue weighted by atomic mass is 10.00. The molecule has 3 nitrogen and oxygen atoms in total. The lowest BCUT2D eigenvalue weighted by Gasteiger charge is -2.29. The highest BCUT2D eigenvalue weighted by atomic mass is 32.1. The summed E-state index contributed by atoms with van der Waals surface area (Å²) < 4.78 is 0. The second-order valence-corrected chi connectivity index (χ2v) is 6.40. The zero-order valence-corrected chi connectivity index (χ0v) is 11.9. The fourth-order valence-corrected chi connectivity index (χ4v) is 3.43. The molecule has 0 bridgehead atoms. The largest absolute Gasteiger partial charge is 0.348 e. The second-order valence-electron chi connectivity index (χ2n) is 5.33. The lowest BCUT2D eigenvalue weighted by molar-refractivity contribution is 0.438. The first kappa shape index (κ1) is 12.8. The Morgan fingerprint density at radius 2 is 2.06 bits per heavy atom. The van der Waals surface area contributed by atoms with Crippen LogP contribution in [0.3, 0.4) is 0 Å². The van der Waals surface area contributed by atoms with Crippen LogP contribution in [0.2, 0.25) is 0 Å². The molecule has 0 saturated carbocycles. The van der Waals surface area contributed by atoms with Crippen molar-refractivity contribution in [2.45, 2.75) is 46.1 Å². The Bertz CT molecular complexity index is 365. The molecule has 0 spiro atoms. The predicted molar refractivity (Wildman–Crippen MR) is 74.7 cm³/mol. The van der Waals surface area contributed by atoms with E-state index in [0.29, 0.717) is 12.5 Å². The van der Waals surface area contributed by atoms with Gasteiger partial charge in [0.2, 0.25) is 0 Å². The molecular weight excluding hydrogens is 230 g/mol. The van der Waals surface area contributed by atoms with Crippen molar-refractivity contribution < 1.29 is 0 Å². The van der Waals surface area contributed by atoms with Crippen molar-refractivity contribution in [3.63, 3.8) is 0 Å². The Morgan fingerprint density at radius 1 is 1.41 bits per heavy atom. The molecule has 4 heteroatoms. The number of thiazole rings is 1. The van der Waals surface area contributed by atoms with Crippen LogP contribution in [0.4, 0.5) is 5.13 Å². The van der Waals surface area contributed by atoms with Gasteiger partial charge >= 0.3 is 0 Å². The third kappa shape index (κ3) is 2.80. The van der Waals surface area contributed by atoms with Gasteiger partial charge in [-0.2, -0.15) is 0 Å². The number of piperidine rings is 1. The van der Waals surface area contributed by atoms with Crippen molar-refractivity contribution in [2.75, 3.05) is 18.0 Å². The van der Waals surface area contributed by atoms with E-state index >= 15 is 0 Å². The zero-order chi connectivity index (χ0) is 12.4. The van der Waals surface area contributed by atoms with E-state index < -0.39 is 0 Å². The summed E-state index contributed by atoms with van der Waals surface area (Å²) in [6, 6.07) is 0. The fourth-order valence-electron chi connectivity index (χ4n) is 2.28. The van der Waals surface area contributed by atoms with E-state index in [4.69, 9.17) is 10.7 Å². The van der Waals surface area contributed by atoms with Gasteiger partial charge in [0.15, 0.2) is 5.13 Å². The van der Waals surface area contributed by atoms with E-state index in [0.717, 1.165) is 19.0 Å². The Morgan fingerprint density at radius 3 is 2.53 bits per heavy atom. The Kier molecular flexibility index (Phi) is 4.05. The molecule has 1 aliphatic heterocycles. The fraction of sp³-hybridized carbons (Fsp3) is 0.769. The highest BCUT2D eigenvalue weighted by Crippen LogP contribution is 2.32. The first-order chi connectivity index (χ1) is 8.11. The van der Waals surface area contributed by atoms with Gasteiger partial charge in [-0.05, 0) is 24.7 Å². The summed E-state index contributed by atoms with van der Waals surface area (Å²) in [5, 5.41) is 1.18. The van der Waals surface area contributed by atoms with Crippen molar-refractivity contribution in [3.05, 3.63) is 10.6 Å². The molecule has 96 valence electrons. The van der Waals surface area contributed by atoms with Crippen molar-refractivity contribution in [1.29, 1.82) is 0 Å². The molecule has 1 aromatic rings. The van der Waals surface area contributed by atoms with E-state index in [2.05, 4.69) is 25.7 Å². The van der Waals surface area contributed by atoms with Gasteiger partial charge in [-0.25, -0.2) is 4.98 Å². The predicted octanol–water partition coefficient (Wildman–Crippen LogP) is 2.96. The van der Waals surface area contributed by atoms with Gasteiger partial charge in [0.1, 0.15) is 0 Å². The summed E-state index contributed by atoms with van der Waals surface area (Å²) in [6.07, 6.45) is 2.57. The van der Waals surface area contributed by atoms with E-state index in [9.17, 15) is 0 Å². The SMILES string of the molecule is CC1CCN(c2nc(C(C)C)c(CN)s2)CC1. The Hall–Kier alpha value is -0.610. The molecule has 0 amide bonds. The highest BCUT2D eigenvalue weighted by molar-refractivity contribution is 7.15. The molecule has 1 saturated heterocycles. The number of hydrogen-bond acceptors (Lipinski definition) is 4. The van der Waals surface area contributed by atoms with Crippen LogP contribution in [-0.2, 0) is 6.54 Å². The van der Waals surface area contributed by atoms with Crippen LogP contribution in [0.1, 0.15) is 50.1 Å². The molecule has 2 N–H and O–H groups in total. The van der Waals surface area contributed by atoms with Gasteiger partial charge in [-0.1, -0.05) is 20.8 Å². The van der Waals surface area contributed by atoms with Gasteiger partial charge < -0.3 is 10.6 Å². The molecule has 0 aliphatic carbocycles. The first-order valence-corrected chi connectivity index (χ1v) is 7.38. The van der Waals surface area contributed by atoms with E-state index in [1.165, 1.54) is 28.5 Å². The number of anilines is 1. The molecule has 1 fully saturated rings.